The fourth-order valence-corrected chi connectivity index (χ4v) is 2.33. The molecule has 0 bridgehead atoms. The van der Waals surface area contributed by atoms with Gasteiger partial charge in [0.2, 0.25) is 0 Å². The minimum atomic E-state index is -1.29. The molecule has 5 heteroatoms. The number of hydrogen-bond acceptors (Lipinski definition) is 3. The lowest BCUT2D eigenvalue weighted by Crippen LogP contribution is -2.18. The number of nitrogens with zero attached hydrogens (tertiary/aromatic N) is 1. The Morgan fingerprint density at radius 1 is 1.20 bits per heavy atom. The summed E-state index contributed by atoms with van der Waals surface area (Å²) in [6, 6.07) is 5.67. The van der Waals surface area contributed by atoms with Crippen LogP contribution in [0.3, 0.4) is 0 Å². The molecule has 0 amide bonds. The highest BCUT2D eigenvalue weighted by molar-refractivity contribution is 6.42. The lowest BCUT2D eigenvalue weighted by atomic mass is 10.1. The van der Waals surface area contributed by atoms with Crippen LogP contribution in [0.1, 0.15) is 44.1 Å². The van der Waals surface area contributed by atoms with E-state index in [0.717, 1.165) is 25.7 Å². The third-order valence-corrected chi connectivity index (χ3v) is 3.43. The number of carboxylic acids is 1. The highest BCUT2D eigenvalue weighted by Crippen LogP contribution is 2.20. The van der Waals surface area contributed by atoms with Gasteiger partial charge in [-0.2, -0.15) is 0 Å². The maximum atomic E-state index is 13.6. The first-order valence-corrected chi connectivity index (χ1v) is 6.90. The van der Waals surface area contributed by atoms with Crippen LogP contribution < -0.4 is 0 Å². The quantitative estimate of drug-likeness (QED) is 0.522. The molecule has 0 atom stereocenters. The largest absolute Gasteiger partial charge is 0.476 e. The predicted octanol–water partition coefficient (Wildman–Crippen LogP) is 3.35. The fraction of sp³-hybridized carbons (Fsp3) is 0.467. The summed E-state index contributed by atoms with van der Waals surface area (Å²) in [4.78, 5) is 16.6. The van der Waals surface area contributed by atoms with Crippen LogP contribution in [0.25, 0.3) is 0 Å². The monoisotopic (exact) mass is 279 g/mol. The summed E-state index contributed by atoms with van der Waals surface area (Å²) in [5, 5.41) is 12.9. The lowest BCUT2D eigenvalue weighted by Gasteiger charge is -2.12. The Bertz CT molecular complexity index is 494. The molecule has 1 N–H and O–H groups in total. The van der Waals surface area contributed by atoms with Crippen molar-refractivity contribution in [1.29, 1.82) is 0 Å². The van der Waals surface area contributed by atoms with E-state index >= 15 is 0 Å². The molecule has 1 aromatic carbocycles. The Labute approximate surface area is 117 Å². The molecule has 0 radical (unpaired) electrons. The van der Waals surface area contributed by atoms with E-state index in [9.17, 15) is 9.18 Å². The second kappa shape index (κ2) is 7.03. The molecule has 1 aliphatic rings. The zero-order chi connectivity index (χ0) is 14.4. The Morgan fingerprint density at radius 2 is 1.85 bits per heavy atom. The van der Waals surface area contributed by atoms with Crippen molar-refractivity contribution in [3.8, 4) is 0 Å². The second-order valence-electron chi connectivity index (χ2n) is 4.94. The van der Waals surface area contributed by atoms with Crippen molar-refractivity contribution in [2.45, 2.75) is 44.6 Å². The van der Waals surface area contributed by atoms with Gasteiger partial charge in [0, 0.05) is 5.56 Å². The standard InChI is InChI=1S/C15H18FNO3/c16-13-10-6-5-9-12(13)14(15(18)19)17-20-11-7-3-1-2-4-8-11/h5-6,9-11H,1-4,7-8H2,(H,18,19)/b17-14-. The number of hydrogen-bond donors (Lipinski definition) is 1. The molecule has 0 unspecified atom stereocenters. The summed E-state index contributed by atoms with van der Waals surface area (Å²) in [6.45, 7) is 0. The zero-order valence-corrected chi connectivity index (χ0v) is 11.2. The number of halogens is 1. The molecular weight excluding hydrogens is 261 g/mol. The number of oxime groups is 1. The molecule has 108 valence electrons. The van der Waals surface area contributed by atoms with Crippen molar-refractivity contribution in [2.75, 3.05) is 0 Å². The summed E-state index contributed by atoms with van der Waals surface area (Å²) in [6.07, 6.45) is 6.12. The molecule has 2 rings (SSSR count). The van der Waals surface area contributed by atoms with Crippen molar-refractivity contribution in [3.63, 3.8) is 0 Å². The van der Waals surface area contributed by atoms with E-state index in [4.69, 9.17) is 9.94 Å². The molecule has 0 saturated heterocycles. The van der Waals surface area contributed by atoms with Gasteiger partial charge >= 0.3 is 5.97 Å². The molecule has 20 heavy (non-hydrogen) atoms. The number of rotatable bonds is 4. The van der Waals surface area contributed by atoms with Crippen molar-refractivity contribution >= 4 is 11.7 Å². The lowest BCUT2D eigenvalue weighted by molar-refractivity contribution is -0.129. The van der Waals surface area contributed by atoms with Gasteiger partial charge in [0.15, 0.2) is 5.71 Å². The summed E-state index contributed by atoms with van der Waals surface area (Å²) in [7, 11) is 0. The Balaban J connectivity index is 2.14. The third kappa shape index (κ3) is 3.79. The van der Waals surface area contributed by atoms with Crippen LogP contribution in [-0.4, -0.2) is 22.9 Å². The highest BCUT2D eigenvalue weighted by atomic mass is 19.1. The molecule has 0 heterocycles. The number of aliphatic carboxylic acids is 1. The summed E-state index contributed by atoms with van der Waals surface area (Å²) in [5.74, 6) is -1.90. The van der Waals surface area contributed by atoms with Gasteiger partial charge in [0.25, 0.3) is 0 Å². The first-order chi connectivity index (χ1) is 9.68. The van der Waals surface area contributed by atoms with Crippen molar-refractivity contribution in [3.05, 3.63) is 35.6 Å². The van der Waals surface area contributed by atoms with Gasteiger partial charge < -0.3 is 9.94 Å². The van der Waals surface area contributed by atoms with E-state index in [2.05, 4.69) is 5.16 Å². The van der Waals surface area contributed by atoms with E-state index in [1.807, 2.05) is 0 Å². The molecule has 1 aliphatic carbocycles. The SMILES string of the molecule is O=C(O)/C(=N\OC1CCCCCC1)c1ccccc1F. The van der Waals surface area contributed by atoms with Gasteiger partial charge in [0.05, 0.1) is 0 Å². The van der Waals surface area contributed by atoms with Crippen LogP contribution in [0.5, 0.6) is 0 Å². The van der Waals surface area contributed by atoms with Crippen molar-refractivity contribution in [1.82, 2.24) is 0 Å². The molecule has 1 aromatic rings. The number of benzene rings is 1. The van der Waals surface area contributed by atoms with Crippen LogP contribution in [0, 0.1) is 5.82 Å². The minimum absolute atomic E-state index is 0.0476. The fourth-order valence-electron chi connectivity index (χ4n) is 2.33. The van der Waals surface area contributed by atoms with Gasteiger partial charge in [-0.3, -0.25) is 0 Å². The average molecular weight is 279 g/mol. The van der Waals surface area contributed by atoms with Gasteiger partial charge in [0.1, 0.15) is 11.9 Å². The first-order valence-electron chi connectivity index (χ1n) is 6.90. The van der Waals surface area contributed by atoms with Crippen LogP contribution in [0.2, 0.25) is 0 Å². The molecule has 4 nitrogen and oxygen atoms in total. The van der Waals surface area contributed by atoms with E-state index < -0.39 is 11.8 Å². The summed E-state index contributed by atoms with van der Waals surface area (Å²) >= 11 is 0. The summed E-state index contributed by atoms with van der Waals surface area (Å²) in [5.41, 5.74) is -0.430. The molecule has 0 aliphatic heterocycles. The van der Waals surface area contributed by atoms with E-state index in [1.54, 1.807) is 6.07 Å². The highest BCUT2D eigenvalue weighted by Gasteiger charge is 2.19. The van der Waals surface area contributed by atoms with Gasteiger partial charge in [-0.15, -0.1) is 0 Å². The Hall–Kier alpha value is -1.91. The zero-order valence-electron chi connectivity index (χ0n) is 11.2. The molecule has 0 aromatic heterocycles. The number of carbonyl (C=O) groups is 1. The maximum Gasteiger partial charge on any atom is 0.358 e. The van der Waals surface area contributed by atoms with Crippen LogP contribution in [0.15, 0.2) is 29.4 Å². The minimum Gasteiger partial charge on any atom is -0.476 e. The van der Waals surface area contributed by atoms with E-state index in [0.29, 0.717) is 0 Å². The average Bonchev–Trinajstić information content (AvgIpc) is 2.69. The first kappa shape index (κ1) is 14.5. The van der Waals surface area contributed by atoms with Crippen LogP contribution >= 0.6 is 0 Å². The van der Waals surface area contributed by atoms with Crippen molar-refractivity contribution < 1.29 is 19.1 Å². The van der Waals surface area contributed by atoms with E-state index in [-0.39, 0.29) is 17.4 Å². The smallest absolute Gasteiger partial charge is 0.358 e. The normalized spacial score (nSPS) is 17.6. The molecule has 1 fully saturated rings. The molecule has 0 spiro atoms. The third-order valence-electron chi connectivity index (χ3n) is 3.43. The van der Waals surface area contributed by atoms with E-state index in [1.165, 1.54) is 31.0 Å². The predicted molar refractivity (Wildman–Crippen MR) is 73.1 cm³/mol. The topological polar surface area (TPSA) is 58.9 Å². The number of carboxylic acid groups (broad SMARTS) is 1. The second-order valence-corrected chi connectivity index (χ2v) is 4.94. The molecular formula is C15H18FNO3. The van der Waals surface area contributed by atoms with Gasteiger partial charge in [-0.25, -0.2) is 9.18 Å². The van der Waals surface area contributed by atoms with Crippen LogP contribution in [0.4, 0.5) is 4.39 Å². The van der Waals surface area contributed by atoms with Gasteiger partial charge in [-0.05, 0) is 37.8 Å². The summed E-state index contributed by atoms with van der Waals surface area (Å²) < 4.78 is 13.6. The Morgan fingerprint density at radius 3 is 2.45 bits per heavy atom. The molecule has 1 saturated carbocycles. The van der Waals surface area contributed by atoms with Gasteiger partial charge in [-0.1, -0.05) is 30.1 Å². The van der Waals surface area contributed by atoms with Crippen LogP contribution in [-0.2, 0) is 9.63 Å². The maximum absolute atomic E-state index is 13.6. The van der Waals surface area contributed by atoms with Crippen molar-refractivity contribution in [2.24, 2.45) is 5.16 Å². The Kier molecular flexibility index (Phi) is 5.09.